The average molecular weight is 253 g/mol. The van der Waals surface area contributed by atoms with Crippen LogP contribution in [0.2, 0.25) is 0 Å². The Bertz CT molecular complexity index is 602. The minimum Gasteiger partial charge on any atom is -0.496 e. The minimum atomic E-state index is -0.649. The first-order chi connectivity index (χ1) is 9.24. The fourth-order valence-electron chi connectivity index (χ4n) is 2.01. The molecule has 0 aromatic heterocycles. The van der Waals surface area contributed by atoms with Crippen molar-refractivity contribution in [2.75, 3.05) is 7.11 Å². The molecule has 0 radical (unpaired) electrons. The van der Waals surface area contributed by atoms with Crippen LogP contribution >= 0.6 is 0 Å². The standard InChI is InChI=1S/C16H15NO2/c1-19-16-8-3-2-6-14(16)10-15(18)13-7-4-5-12(9-13)11-17/h2-9,15,18H,10H2,1H3. The zero-order valence-electron chi connectivity index (χ0n) is 10.7. The second kappa shape index (κ2) is 6.03. The molecule has 0 bridgehead atoms. The molecule has 0 fully saturated rings. The van der Waals surface area contributed by atoms with Crippen molar-refractivity contribution in [2.24, 2.45) is 0 Å². The molecular weight excluding hydrogens is 238 g/mol. The molecule has 0 saturated carbocycles. The number of ether oxygens (including phenoxy) is 1. The summed E-state index contributed by atoms with van der Waals surface area (Å²) in [4.78, 5) is 0. The van der Waals surface area contributed by atoms with Gasteiger partial charge in [0.1, 0.15) is 5.75 Å². The lowest BCUT2D eigenvalue weighted by Crippen LogP contribution is -2.03. The molecule has 0 amide bonds. The van der Waals surface area contributed by atoms with E-state index in [1.165, 1.54) is 0 Å². The first-order valence-corrected chi connectivity index (χ1v) is 6.04. The fraction of sp³-hybridized carbons (Fsp3) is 0.188. The predicted octanol–water partition coefficient (Wildman–Crippen LogP) is 2.84. The SMILES string of the molecule is COc1ccccc1CC(O)c1cccc(C#N)c1. The van der Waals surface area contributed by atoms with Crippen LogP contribution in [-0.2, 0) is 6.42 Å². The van der Waals surface area contributed by atoms with Crippen LogP contribution in [0.1, 0.15) is 22.8 Å². The van der Waals surface area contributed by atoms with Crippen LogP contribution in [0.25, 0.3) is 0 Å². The molecular formula is C16H15NO2. The number of nitrogens with zero attached hydrogens (tertiary/aromatic N) is 1. The molecule has 0 heterocycles. The van der Waals surface area contributed by atoms with Gasteiger partial charge < -0.3 is 9.84 Å². The largest absolute Gasteiger partial charge is 0.496 e. The number of methoxy groups -OCH3 is 1. The number of para-hydroxylation sites is 1. The molecule has 2 aromatic carbocycles. The molecule has 0 aliphatic heterocycles. The van der Waals surface area contributed by atoms with E-state index in [9.17, 15) is 5.11 Å². The van der Waals surface area contributed by atoms with Crippen LogP contribution in [-0.4, -0.2) is 12.2 Å². The molecule has 1 N–H and O–H groups in total. The van der Waals surface area contributed by atoms with Gasteiger partial charge in [0, 0.05) is 6.42 Å². The van der Waals surface area contributed by atoms with Gasteiger partial charge in [0.15, 0.2) is 0 Å². The molecule has 2 rings (SSSR count). The smallest absolute Gasteiger partial charge is 0.122 e. The second-order valence-electron chi connectivity index (χ2n) is 4.27. The first kappa shape index (κ1) is 13.1. The summed E-state index contributed by atoms with van der Waals surface area (Å²) < 4.78 is 5.26. The molecule has 2 aromatic rings. The highest BCUT2D eigenvalue weighted by molar-refractivity contribution is 5.37. The van der Waals surface area contributed by atoms with Crippen LogP contribution in [0.5, 0.6) is 5.75 Å². The number of hydrogen-bond acceptors (Lipinski definition) is 3. The summed E-state index contributed by atoms with van der Waals surface area (Å²) in [5.41, 5.74) is 2.24. The van der Waals surface area contributed by atoms with Crippen molar-refractivity contribution in [3.8, 4) is 11.8 Å². The van der Waals surface area contributed by atoms with Gasteiger partial charge in [-0.3, -0.25) is 0 Å². The van der Waals surface area contributed by atoms with Crippen molar-refractivity contribution in [3.63, 3.8) is 0 Å². The monoisotopic (exact) mass is 253 g/mol. The summed E-state index contributed by atoms with van der Waals surface area (Å²) in [6.07, 6.45) is -0.191. The molecule has 1 atom stereocenters. The normalized spacial score (nSPS) is 11.6. The molecule has 96 valence electrons. The number of nitriles is 1. The van der Waals surface area contributed by atoms with Crippen LogP contribution in [0.4, 0.5) is 0 Å². The van der Waals surface area contributed by atoms with Crippen LogP contribution in [0.3, 0.4) is 0 Å². The molecule has 3 nitrogen and oxygen atoms in total. The van der Waals surface area contributed by atoms with E-state index < -0.39 is 6.10 Å². The molecule has 0 aliphatic rings. The van der Waals surface area contributed by atoms with Gasteiger partial charge in [-0.25, -0.2) is 0 Å². The van der Waals surface area contributed by atoms with Gasteiger partial charge in [0.05, 0.1) is 24.8 Å². The lowest BCUT2D eigenvalue weighted by molar-refractivity contribution is 0.177. The van der Waals surface area contributed by atoms with Gasteiger partial charge in [-0.1, -0.05) is 30.3 Å². The van der Waals surface area contributed by atoms with Crippen molar-refractivity contribution in [1.82, 2.24) is 0 Å². The third-order valence-electron chi connectivity index (χ3n) is 3.01. The Balaban J connectivity index is 2.21. The van der Waals surface area contributed by atoms with Crippen LogP contribution in [0.15, 0.2) is 48.5 Å². The number of rotatable bonds is 4. The number of aliphatic hydroxyl groups excluding tert-OH is 1. The van der Waals surface area contributed by atoms with Gasteiger partial charge in [0.2, 0.25) is 0 Å². The highest BCUT2D eigenvalue weighted by atomic mass is 16.5. The van der Waals surface area contributed by atoms with E-state index in [1.54, 1.807) is 25.3 Å². The van der Waals surface area contributed by atoms with E-state index >= 15 is 0 Å². The van der Waals surface area contributed by atoms with Gasteiger partial charge in [-0.2, -0.15) is 5.26 Å². The Labute approximate surface area is 112 Å². The Morgan fingerprint density at radius 3 is 2.74 bits per heavy atom. The first-order valence-electron chi connectivity index (χ1n) is 6.04. The maximum absolute atomic E-state index is 10.2. The quantitative estimate of drug-likeness (QED) is 0.911. The molecule has 3 heteroatoms. The minimum absolute atomic E-state index is 0.457. The summed E-state index contributed by atoms with van der Waals surface area (Å²) in [6.45, 7) is 0. The number of hydrogen-bond donors (Lipinski definition) is 1. The molecule has 19 heavy (non-hydrogen) atoms. The van der Waals surface area contributed by atoms with Crippen molar-refractivity contribution in [1.29, 1.82) is 5.26 Å². The summed E-state index contributed by atoms with van der Waals surface area (Å²) in [6, 6.07) is 16.7. The summed E-state index contributed by atoms with van der Waals surface area (Å²) in [5.74, 6) is 0.762. The topological polar surface area (TPSA) is 53.2 Å². The third-order valence-corrected chi connectivity index (χ3v) is 3.01. The Morgan fingerprint density at radius 2 is 2.00 bits per heavy atom. The number of aliphatic hydroxyl groups is 1. The van der Waals surface area contributed by atoms with E-state index in [2.05, 4.69) is 6.07 Å². The highest BCUT2D eigenvalue weighted by Crippen LogP contribution is 2.25. The third kappa shape index (κ3) is 3.12. The van der Waals surface area contributed by atoms with Gasteiger partial charge >= 0.3 is 0 Å². The predicted molar refractivity (Wildman–Crippen MR) is 72.8 cm³/mol. The molecule has 1 unspecified atom stereocenters. The van der Waals surface area contributed by atoms with Crippen LogP contribution < -0.4 is 4.74 Å². The fourth-order valence-corrected chi connectivity index (χ4v) is 2.01. The zero-order valence-corrected chi connectivity index (χ0v) is 10.7. The van der Waals surface area contributed by atoms with E-state index in [-0.39, 0.29) is 0 Å². The van der Waals surface area contributed by atoms with E-state index in [0.29, 0.717) is 12.0 Å². The molecule has 0 spiro atoms. The Hall–Kier alpha value is -2.31. The van der Waals surface area contributed by atoms with Gasteiger partial charge in [-0.15, -0.1) is 0 Å². The van der Waals surface area contributed by atoms with E-state index in [1.807, 2.05) is 30.3 Å². The van der Waals surface area contributed by atoms with E-state index in [0.717, 1.165) is 16.9 Å². The summed E-state index contributed by atoms with van der Waals surface area (Å²) >= 11 is 0. The van der Waals surface area contributed by atoms with Gasteiger partial charge in [-0.05, 0) is 29.3 Å². The van der Waals surface area contributed by atoms with Crippen molar-refractivity contribution >= 4 is 0 Å². The highest BCUT2D eigenvalue weighted by Gasteiger charge is 2.12. The summed E-state index contributed by atoms with van der Waals surface area (Å²) in [5, 5.41) is 19.1. The molecule has 0 aliphatic carbocycles. The lowest BCUT2D eigenvalue weighted by Gasteiger charge is -2.13. The second-order valence-corrected chi connectivity index (χ2v) is 4.27. The summed E-state index contributed by atoms with van der Waals surface area (Å²) in [7, 11) is 1.61. The lowest BCUT2D eigenvalue weighted by atomic mass is 9.99. The maximum Gasteiger partial charge on any atom is 0.122 e. The maximum atomic E-state index is 10.2. The molecule has 0 saturated heterocycles. The van der Waals surface area contributed by atoms with Crippen molar-refractivity contribution < 1.29 is 9.84 Å². The van der Waals surface area contributed by atoms with Crippen molar-refractivity contribution in [3.05, 3.63) is 65.2 Å². The van der Waals surface area contributed by atoms with Crippen molar-refractivity contribution in [2.45, 2.75) is 12.5 Å². The zero-order chi connectivity index (χ0) is 13.7. The van der Waals surface area contributed by atoms with E-state index in [4.69, 9.17) is 10.00 Å². The van der Waals surface area contributed by atoms with Crippen LogP contribution in [0, 0.1) is 11.3 Å². The Morgan fingerprint density at radius 1 is 1.21 bits per heavy atom. The number of benzene rings is 2. The average Bonchev–Trinajstić information content (AvgIpc) is 2.47. The Kier molecular flexibility index (Phi) is 4.17. The van der Waals surface area contributed by atoms with Gasteiger partial charge in [0.25, 0.3) is 0 Å².